The molecule has 1 aliphatic rings. The number of aliphatic hydroxyl groups is 1. The van der Waals surface area contributed by atoms with Gasteiger partial charge < -0.3 is 61.4 Å². The van der Waals surface area contributed by atoms with E-state index in [9.17, 15) is 43.5 Å². The van der Waals surface area contributed by atoms with Crippen molar-refractivity contribution in [2.75, 3.05) is 46.7 Å². The molecule has 8 N–H and O–H groups in total. The molecule has 21 heteroatoms. The van der Waals surface area contributed by atoms with Crippen LogP contribution >= 0.6 is 0 Å². The van der Waals surface area contributed by atoms with E-state index in [4.69, 9.17) is 19.9 Å². The van der Waals surface area contributed by atoms with E-state index in [1.807, 2.05) is 59.7 Å². The zero-order chi connectivity index (χ0) is 59.3. The Morgan fingerprint density at radius 3 is 1.99 bits per heavy atom. The molecule has 79 heavy (non-hydrogen) atoms. The minimum Gasteiger partial charge on any atom is -0.445 e. The van der Waals surface area contributed by atoms with E-state index in [1.165, 1.54) is 26.2 Å². The molecule has 11 atom stereocenters. The molecule has 0 aliphatic carbocycles. The first-order valence-corrected chi connectivity index (χ1v) is 27.9. The monoisotopic (exact) mass is 1110 g/mol. The van der Waals surface area contributed by atoms with Crippen molar-refractivity contribution in [2.24, 2.45) is 35.3 Å². The molecule has 1 fully saturated rings. The zero-order valence-electron chi connectivity index (χ0n) is 49.2. The molecule has 9 amide bonds. The van der Waals surface area contributed by atoms with Crippen LogP contribution in [0.2, 0.25) is 0 Å². The first-order valence-electron chi connectivity index (χ1n) is 27.9. The molecule has 0 bridgehead atoms. The summed E-state index contributed by atoms with van der Waals surface area (Å²) >= 11 is 0. The number of likely N-dealkylation sites (N-methyl/N-ethyl adjacent to an activating group) is 2. The Labute approximate surface area is 468 Å². The molecule has 442 valence electrons. The standard InChI is InChI=1S/C58H93N9O12/c1-15-37(8)50(45(77-13)32-47(69)67-30-20-24-44(67)52(78-14)38(9)53(71)61-39(10)51(70)41-21-17-16-18-22-41)65(11)56(74)48(35(4)5)64-55(73)49(36(6)7)66(12)58(76)79-33-40-25-27-42(28-26-40)62-54(72)43(23-19-29-60-57(59)75)63-46(68)31-34(2)3/h16-18,21-22,25-28,34-39,43-45,48-52,70H,15,19-20,23-24,29-33H2,1-14H3,(H,61,71)(H,62,72)(H,63,68)(H,64,73)(H3,59,60,75)/t37-,38+,39-,43+,44-,45+,48-,49-,50-,51-,52-/m0/s1. The fraction of sp³-hybridized carbons (Fsp3) is 0.655. The zero-order valence-corrected chi connectivity index (χ0v) is 49.2. The summed E-state index contributed by atoms with van der Waals surface area (Å²) in [6, 6.07) is 10.4. The third kappa shape index (κ3) is 20.1. The highest BCUT2D eigenvalue weighted by atomic mass is 16.6. The number of ether oxygens (including phenoxy) is 3. The second kappa shape index (κ2) is 32.7. The number of urea groups is 1. The van der Waals surface area contributed by atoms with Crippen molar-refractivity contribution >= 4 is 53.3 Å². The molecule has 0 unspecified atom stereocenters. The van der Waals surface area contributed by atoms with Crippen molar-refractivity contribution in [3.8, 4) is 0 Å². The van der Waals surface area contributed by atoms with Gasteiger partial charge in [-0.2, -0.15) is 0 Å². The molecule has 21 nitrogen and oxygen atoms in total. The number of carbonyl (C=O) groups excluding carboxylic acids is 8. The first-order chi connectivity index (χ1) is 37.3. The summed E-state index contributed by atoms with van der Waals surface area (Å²) in [5.41, 5.74) is 6.86. The second-order valence-electron chi connectivity index (χ2n) is 22.2. The van der Waals surface area contributed by atoms with Gasteiger partial charge in [-0.15, -0.1) is 0 Å². The second-order valence-corrected chi connectivity index (χ2v) is 22.2. The third-order valence-electron chi connectivity index (χ3n) is 14.9. The summed E-state index contributed by atoms with van der Waals surface area (Å²) in [6.45, 7) is 19.0. The average Bonchev–Trinajstić information content (AvgIpc) is 3.92. The molecule has 0 spiro atoms. The van der Waals surface area contributed by atoms with Gasteiger partial charge in [0.15, 0.2) is 0 Å². The van der Waals surface area contributed by atoms with Gasteiger partial charge >= 0.3 is 12.1 Å². The summed E-state index contributed by atoms with van der Waals surface area (Å²) in [4.78, 5) is 112. The van der Waals surface area contributed by atoms with Crippen LogP contribution in [0.4, 0.5) is 15.3 Å². The molecule has 0 saturated carbocycles. The van der Waals surface area contributed by atoms with Crippen molar-refractivity contribution in [3.63, 3.8) is 0 Å². The number of hydrogen-bond donors (Lipinski definition) is 7. The quantitative estimate of drug-likeness (QED) is 0.0462. The van der Waals surface area contributed by atoms with Gasteiger partial charge in [0.1, 0.15) is 24.7 Å². The van der Waals surface area contributed by atoms with E-state index < -0.39 is 102 Å². The molecule has 2 aromatic carbocycles. The Kier molecular flexibility index (Phi) is 27.7. The summed E-state index contributed by atoms with van der Waals surface area (Å²) < 4.78 is 17.7. The molecular formula is C58H93N9O12. The van der Waals surface area contributed by atoms with Gasteiger partial charge in [-0.05, 0) is 79.5 Å². The molecule has 1 heterocycles. The topological polar surface area (TPSA) is 280 Å². The number of primary amides is 1. The maximum atomic E-state index is 14.7. The molecule has 3 rings (SSSR count). The lowest BCUT2D eigenvalue weighted by atomic mass is 9.89. The number of nitrogens with one attached hydrogen (secondary N) is 5. The Balaban J connectivity index is 1.70. The number of benzene rings is 2. The Morgan fingerprint density at radius 2 is 1.43 bits per heavy atom. The normalized spacial score (nSPS) is 17.2. The van der Waals surface area contributed by atoms with Crippen LogP contribution in [0.1, 0.15) is 131 Å². The summed E-state index contributed by atoms with van der Waals surface area (Å²) in [7, 11) is 6.14. The highest BCUT2D eigenvalue weighted by Gasteiger charge is 2.44. The SMILES string of the molecule is CC[C@H](C)[C@@H]([C@@H](CC(=O)N1CCC[C@H]1[C@@H](OC)[C@@H](C)C(=O)N[C@@H](C)[C@H](O)c1ccccc1)OC)N(C)C(=O)[C@@H](NC(=O)[C@H](C(C)C)N(C)C(=O)OCc1ccc(NC(=O)[C@@H](CCCNC(N)=O)NC(=O)CC(C)C)cc1)C(C)C. The number of aliphatic hydroxyl groups excluding tert-OH is 1. The van der Waals surface area contributed by atoms with Crippen LogP contribution in [0.15, 0.2) is 54.6 Å². The average molecular weight is 1110 g/mol. The lowest BCUT2D eigenvalue weighted by molar-refractivity contribution is -0.148. The van der Waals surface area contributed by atoms with Crippen LogP contribution < -0.4 is 32.3 Å². The van der Waals surface area contributed by atoms with Crippen LogP contribution in [-0.4, -0.2) is 157 Å². The van der Waals surface area contributed by atoms with E-state index in [2.05, 4.69) is 26.6 Å². The summed E-state index contributed by atoms with van der Waals surface area (Å²) in [5.74, 6) is -3.75. The van der Waals surface area contributed by atoms with E-state index in [0.717, 1.165) is 0 Å². The number of nitrogens with two attached hydrogens (primary N) is 1. The summed E-state index contributed by atoms with van der Waals surface area (Å²) in [6.07, 6.45) is -0.356. The van der Waals surface area contributed by atoms with Crippen molar-refractivity contribution in [3.05, 3.63) is 65.7 Å². The number of anilines is 1. The maximum Gasteiger partial charge on any atom is 0.410 e. The van der Waals surface area contributed by atoms with Crippen molar-refractivity contribution < 1.29 is 57.7 Å². The molecule has 0 radical (unpaired) electrons. The van der Waals surface area contributed by atoms with E-state index in [1.54, 1.807) is 80.9 Å². The smallest absolute Gasteiger partial charge is 0.410 e. The van der Waals surface area contributed by atoms with Crippen LogP contribution in [0.5, 0.6) is 0 Å². The van der Waals surface area contributed by atoms with Gasteiger partial charge in [0.05, 0.1) is 48.8 Å². The van der Waals surface area contributed by atoms with E-state index >= 15 is 0 Å². The van der Waals surface area contributed by atoms with Crippen molar-refractivity contribution in [2.45, 2.75) is 175 Å². The van der Waals surface area contributed by atoms with Gasteiger partial charge in [0.2, 0.25) is 35.4 Å². The van der Waals surface area contributed by atoms with Crippen molar-refractivity contribution in [1.82, 2.24) is 36.0 Å². The van der Waals surface area contributed by atoms with Gasteiger partial charge in [0, 0.05) is 53.5 Å². The van der Waals surface area contributed by atoms with Crippen LogP contribution in [0.25, 0.3) is 0 Å². The minimum atomic E-state index is -1.04. The van der Waals surface area contributed by atoms with Gasteiger partial charge in [-0.25, -0.2) is 9.59 Å². The Bertz CT molecular complexity index is 2290. The highest BCUT2D eigenvalue weighted by molar-refractivity contribution is 5.97. The lowest BCUT2D eigenvalue weighted by Crippen LogP contribution is -2.60. The number of nitrogens with zero attached hydrogens (tertiary/aromatic N) is 3. The number of methoxy groups -OCH3 is 2. The van der Waals surface area contributed by atoms with Crippen LogP contribution in [0, 0.1) is 29.6 Å². The Morgan fingerprint density at radius 1 is 0.785 bits per heavy atom. The van der Waals surface area contributed by atoms with Crippen LogP contribution in [0.3, 0.4) is 0 Å². The molecule has 0 aromatic heterocycles. The molecule has 1 aliphatic heterocycles. The fourth-order valence-electron chi connectivity index (χ4n) is 10.3. The van der Waals surface area contributed by atoms with Gasteiger partial charge in [-0.3, -0.25) is 33.7 Å². The van der Waals surface area contributed by atoms with Crippen molar-refractivity contribution in [1.29, 1.82) is 0 Å². The fourth-order valence-corrected chi connectivity index (χ4v) is 10.3. The number of rotatable bonds is 31. The lowest BCUT2D eigenvalue weighted by Gasteiger charge is -2.41. The number of hydrogen-bond acceptors (Lipinski definition) is 12. The minimum absolute atomic E-state index is 0.0707. The van der Waals surface area contributed by atoms with Gasteiger partial charge in [-0.1, -0.05) is 111 Å². The molecule has 1 saturated heterocycles. The largest absolute Gasteiger partial charge is 0.445 e. The molecule has 2 aromatic rings. The molecular weight excluding hydrogens is 1010 g/mol. The predicted molar refractivity (Wildman–Crippen MR) is 302 cm³/mol. The first kappa shape index (κ1) is 67.0. The highest BCUT2D eigenvalue weighted by Crippen LogP contribution is 2.30. The van der Waals surface area contributed by atoms with Crippen LogP contribution in [-0.2, 0) is 49.6 Å². The van der Waals surface area contributed by atoms with E-state index in [0.29, 0.717) is 49.0 Å². The number of carbonyl (C=O) groups is 8. The number of amides is 9. The summed E-state index contributed by atoms with van der Waals surface area (Å²) in [5, 5.41) is 24.9. The number of likely N-dealkylation sites (tertiary alicyclic amines) is 1. The predicted octanol–water partition coefficient (Wildman–Crippen LogP) is 5.50. The third-order valence-corrected chi connectivity index (χ3v) is 14.9. The Hall–Kier alpha value is -6.32. The van der Waals surface area contributed by atoms with Gasteiger partial charge in [0.25, 0.3) is 0 Å². The van der Waals surface area contributed by atoms with E-state index in [-0.39, 0.29) is 62.0 Å². The maximum absolute atomic E-state index is 14.7.